The highest BCUT2D eigenvalue weighted by Crippen LogP contribution is 2.10. The van der Waals surface area contributed by atoms with Gasteiger partial charge in [-0.1, -0.05) is 12.1 Å². The molecule has 1 unspecified atom stereocenters. The van der Waals surface area contributed by atoms with Crippen molar-refractivity contribution < 1.29 is 9.18 Å². The van der Waals surface area contributed by atoms with Crippen molar-refractivity contribution in [1.82, 2.24) is 5.32 Å². The third kappa shape index (κ3) is 7.72. The van der Waals surface area contributed by atoms with Crippen molar-refractivity contribution in [3.63, 3.8) is 0 Å². The van der Waals surface area contributed by atoms with Gasteiger partial charge in [-0.25, -0.2) is 4.39 Å². The Morgan fingerprint density at radius 3 is 2.71 bits per heavy atom. The van der Waals surface area contributed by atoms with Gasteiger partial charge in [-0.05, 0) is 49.5 Å². The van der Waals surface area contributed by atoms with E-state index in [0.29, 0.717) is 6.42 Å². The standard InChI is InChI=1S/C15H19BrFN3O/c16-20-11-19-15(9-10-21)8-7-14(18)6-3-12-1-4-13(17)5-2-12/h1-2,4-5,9-11,14H,3,6-8,18H2,(H,19,20)/b15-9-. The molecule has 3 N–H and O–H groups in total. The molecule has 21 heavy (non-hydrogen) atoms. The molecule has 0 spiro atoms. The van der Waals surface area contributed by atoms with Crippen LogP contribution in [0.25, 0.3) is 0 Å². The Morgan fingerprint density at radius 2 is 2.10 bits per heavy atom. The van der Waals surface area contributed by atoms with Crippen molar-refractivity contribution in [3.05, 3.63) is 47.4 Å². The summed E-state index contributed by atoms with van der Waals surface area (Å²) in [5.41, 5.74) is 7.90. The summed E-state index contributed by atoms with van der Waals surface area (Å²) in [5.74, 6) is -0.230. The van der Waals surface area contributed by atoms with Crippen molar-refractivity contribution in [1.29, 1.82) is 0 Å². The van der Waals surface area contributed by atoms with Crippen molar-refractivity contribution in [2.45, 2.75) is 31.7 Å². The maximum Gasteiger partial charge on any atom is 0.144 e. The molecule has 0 bridgehead atoms. The van der Waals surface area contributed by atoms with Crippen LogP contribution >= 0.6 is 16.1 Å². The van der Waals surface area contributed by atoms with Crippen LogP contribution in [0.15, 0.2) is 40.1 Å². The molecule has 0 heterocycles. The SMILES string of the molecule is NC(CC/C(=C/C=O)N/C=N\Br)CCc1ccc(F)cc1. The first-order chi connectivity index (χ1) is 10.2. The van der Waals surface area contributed by atoms with Gasteiger partial charge < -0.3 is 11.1 Å². The van der Waals surface area contributed by atoms with Crippen LogP contribution in [0.4, 0.5) is 4.39 Å². The van der Waals surface area contributed by atoms with Gasteiger partial charge in [0.05, 0.1) is 16.1 Å². The van der Waals surface area contributed by atoms with Gasteiger partial charge in [0.15, 0.2) is 0 Å². The minimum absolute atomic E-state index is 0.0211. The lowest BCUT2D eigenvalue weighted by molar-refractivity contribution is -0.104. The lowest BCUT2D eigenvalue weighted by Gasteiger charge is -2.13. The second-order valence-corrected chi connectivity index (χ2v) is 5.07. The van der Waals surface area contributed by atoms with E-state index in [9.17, 15) is 9.18 Å². The topological polar surface area (TPSA) is 67.5 Å². The third-order valence-electron chi connectivity index (χ3n) is 3.07. The molecule has 114 valence electrons. The zero-order valence-corrected chi connectivity index (χ0v) is 13.2. The maximum absolute atomic E-state index is 12.8. The van der Waals surface area contributed by atoms with E-state index in [1.165, 1.54) is 24.5 Å². The smallest absolute Gasteiger partial charge is 0.144 e. The number of carbonyl (C=O) groups excluding carboxylic acids is 1. The largest absolute Gasteiger partial charge is 0.349 e. The molecule has 0 amide bonds. The van der Waals surface area contributed by atoms with Gasteiger partial charge in [0.2, 0.25) is 0 Å². The first-order valence-electron chi connectivity index (χ1n) is 6.69. The number of hydrogen-bond acceptors (Lipinski definition) is 3. The molecule has 1 aromatic carbocycles. The van der Waals surface area contributed by atoms with Crippen LogP contribution in [-0.2, 0) is 11.2 Å². The van der Waals surface area contributed by atoms with E-state index in [4.69, 9.17) is 5.73 Å². The molecular weight excluding hydrogens is 337 g/mol. The molecule has 1 rings (SSSR count). The summed E-state index contributed by atoms with van der Waals surface area (Å²) in [6.45, 7) is 0. The monoisotopic (exact) mass is 355 g/mol. The minimum atomic E-state index is -0.230. The number of aldehydes is 1. The lowest BCUT2D eigenvalue weighted by Crippen LogP contribution is -2.22. The number of benzene rings is 1. The number of carbonyl (C=O) groups is 1. The van der Waals surface area contributed by atoms with Gasteiger partial charge >= 0.3 is 0 Å². The predicted octanol–water partition coefficient (Wildman–Crippen LogP) is 2.88. The normalized spacial score (nSPS) is 13.4. The highest BCUT2D eigenvalue weighted by Gasteiger charge is 2.05. The zero-order chi connectivity index (χ0) is 15.5. The fraction of sp³-hybridized carbons (Fsp3) is 0.333. The van der Waals surface area contributed by atoms with Crippen LogP contribution in [0.1, 0.15) is 24.8 Å². The number of nitrogens with zero attached hydrogens (tertiary/aromatic N) is 1. The first kappa shape index (κ1) is 17.5. The molecule has 1 aromatic rings. The number of rotatable bonds is 9. The number of nitrogens with two attached hydrogens (primary N) is 1. The summed E-state index contributed by atoms with van der Waals surface area (Å²) in [4.78, 5) is 10.5. The van der Waals surface area contributed by atoms with Crippen LogP contribution in [0.2, 0.25) is 0 Å². The van der Waals surface area contributed by atoms with E-state index < -0.39 is 0 Å². The molecule has 0 radical (unpaired) electrons. The Balaban J connectivity index is 2.35. The van der Waals surface area contributed by atoms with Gasteiger partial charge in [-0.2, -0.15) is 4.02 Å². The highest BCUT2D eigenvalue weighted by atomic mass is 79.9. The Kier molecular flexibility index (Phi) is 8.54. The van der Waals surface area contributed by atoms with E-state index in [1.54, 1.807) is 12.1 Å². The van der Waals surface area contributed by atoms with E-state index in [2.05, 4.69) is 25.5 Å². The molecule has 1 atom stereocenters. The maximum atomic E-state index is 12.8. The molecule has 0 aromatic heterocycles. The number of allylic oxidation sites excluding steroid dienone is 2. The summed E-state index contributed by atoms with van der Waals surface area (Å²) in [6.07, 6.45) is 6.69. The van der Waals surface area contributed by atoms with Crippen molar-refractivity contribution in [2.24, 2.45) is 9.75 Å². The van der Waals surface area contributed by atoms with Crippen LogP contribution in [0.5, 0.6) is 0 Å². The summed E-state index contributed by atoms with van der Waals surface area (Å²) in [7, 11) is 0. The number of halogens is 2. The van der Waals surface area contributed by atoms with Crippen molar-refractivity contribution in [3.8, 4) is 0 Å². The third-order valence-corrected chi connectivity index (χ3v) is 3.27. The highest BCUT2D eigenvalue weighted by molar-refractivity contribution is 9.08. The molecule has 4 nitrogen and oxygen atoms in total. The van der Waals surface area contributed by atoms with Crippen molar-refractivity contribution >= 4 is 28.8 Å². The van der Waals surface area contributed by atoms with Crippen LogP contribution in [0, 0.1) is 5.82 Å². The average Bonchev–Trinajstić information content (AvgIpc) is 2.49. The van der Waals surface area contributed by atoms with Gasteiger partial charge in [-0.15, -0.1) is 0 Å². The summed E-state index contributed by atoms with van der Waals surface area (Å²) >= 11 is 2.90. The molecule has 0 saturated heterocycles. The summed E-state index contributed by atoms with van der Waals surface area (Å²) in [6, 6.07) is 6.47. The van der Waals surface area contributed by atoms with Gasteiger partial charge in [-0.3, -0.25) is 4.79 Å². The summed E-state index contributed by atoms with van der Waals surface area (Å²) in [5, 5.41) is 2.90. The second-order valence-electron chi connectivity index (χ2n) is 4.66. The number of aryl methyl sites for hydroxylation is 1. The number of hydrogen-bond donors (Lipinski definition) is 2. The summed E-state index contributed by atoms with van der Waals surface area (Å²) < 4.78 is 16.4. The Hall–Kier alpha value is -1.53. The first-order valence-corrected chi connectivity index (χ1v) is 7.40. The van der Waals surface area contributed by atoms with Gasteiger partial charge in [0.1, 0.15) is 18.4 Å². The average molecular weight is 356 g/mol. The van der Waals surface area contributed by atoms with E-state index >= 15 is 0 Å². The Labute approximate surface area is 132 Å². The number of nitrogens with one attached hydrogen (secondary N) is 1. The van der Waals surface area contributed by atoms with E-state index in [-0.39, 0.29) is 11.9 Å². The fourth-order valence-electron chi connectivity index (χ4n) is 1.88. The van der Waals surface area contributed by atoms with Crippen LogP contribution in [0.3, 0.4) is 0 Å². The molecule has 0 fully saturated rings. The molecular formula is C15H19BrFN3O. The minimum Gasteiger partial charge on any atom is -0.349 e. The van der Waals surface area contributed by atoms with Gasteiger partial charge in [0.25, 0.3) is 0 Å². The molecule has 0 aliphatic rings. The Bertz CT molecular complexity index is 488. The molecule has 0 aliphatic carbocycles. The van der Waals surface area contributed by atoms with Crippen LogP contribution in [-0.4, -0.2) is 18.7 Å². The predicted molar refractivity (Wildman–Crippen MR) is 86.6 cm³/mol. The lowest BCUT2D eigenvalue weighted by atomic mass is 10.0. The second kappa shape index (κ2) is 10.2. The zero-order valence-electron chi connectivity index (χ0n) is 11.6. The van der Waals surface area contributed by atoms with Gasteiger partial charge in [0, 0.05) is 11.7 Å². The van der Waals surface area contributed by atoms with E-state index in [1.807, 2.05) is 0 Å². The van der Waals surface area contributed by atoms with Crippen LogP contribution < -0.4 is 11.1 Å². The molecule has 0 saturated carbocycles. The Morgan fingerprint density at radius 1 is 1.38 bits per heavy atom. The fourth-order valence-corrected chi connectivity index (χ4v) is 1.98. The quantitative estimate of drug-likeness (QED) is 0.309. The molecule has 6 heteroatoms. The van der Waals surface area contributed by atoms with Crippen molar-refractivity contribution in [2.75, 3.05) is 0 Å². The van der Waals surface area contributed by atoms with E-state index in [0.717, 1.165) is 36.8 Å². The molecule has 0 aliphatic heterocycles.